The van der Waals surface area contributed by atoms with Gasteiger partial charge in [-0.1, -0.05) is 19.8 Å². The number of carboxylic acid groups (broad SMARTS) is 1. The number of carbonyl (C=O) groups is 1. The molecule has 2 atom stereocenters. The minimum atomic E-state index is -0.621. The molecule has 3 heteroatoms. The van der Waals surface area contributed by atoms with Crippen LogP contribution in [-0.2, 0) is 4.79 Å². The summed E-state index contributed by atoms with van der Waals surface area (Å²) in [6, 6.07) is 0. The molecule has 2 nitrogen and oxygen atoms in total. The topological polar surface area (TPSA) is 37.3 Å². The minimum absolute atomic E-state index is 0. The molecule has 67 valence electrons. The molecular weight excluding hydrogens is 344 g/mol. The quantitative estimate of drug-likeness (QED) is 0.725. The van der Waals surface area contributed by atoms with Gasteiger partial charge in [0.05, 0.1) is 5.41 Å². The van der Waals surface area contributed by atoms with E-state index in [0.717, 1.165) is 19.3 Å². The fourth-order valence-corrected chi connectivity index (χ4v) is 2.01. The molecule has 0 bridgehead atoms. The van der Waals surface area contributed by atoms with Gasteiger partial charge in [0.15, 0.2) is 0 Å². The van der Waals surface area contributed by atoms with Crippen LogP contribution in [0.15, 0.2) is 0 Å². The number of hydrogen-bond donors (Lipinski definition) is 1. The van der Waals surface area contributed by atoms with Gasteiger partial charge in [-0.2, -0.15) is 0 Å². The third-order valence-corrected chi connectivity index (χ3v) is 2.74. The Morgan fingerprint density at radius 1 is 1.58 bits per heavy atom. The van der Waals surface area contributed by atoms with Crippen molar-refractivity contribution < 1.29 is 9.90 Å². The molecule has 0 aromatic heterocycles. The standard InChI is InChI=1S/C9H16O2.Tl/c1-7-4-3-5-9(2,6-7)8(10)11;/h7H,3-6H2,1-2H3,(H,10,11);. The van der Waals surface area contributed by atoms with E-state index in [9.17, 15) is 4.79 Å². The third-order valence-electron chi connectivity index (χ3n) is 2.74. The SMILES string of the molecule is CC1CCCC(C)(C(=O)O)C1.[Tl]. The Kier molecular flexibility index (Phi) is 4.73. The zero-order valence-corrected chi connectivity index (χ0v) is 12.3. The maximum atomic E-state index is 10.8. The van der Waals surface area contributed by atoms with Crippen molar-refractivity contribution in [2.45, 2.75) is 39.5 Å². The molecule has 0 aromatic rings. The van der Waals surface area contributed by atoms with Crippen molar-refractivity contribution in [2.24, 2.45) is 11.3 Å². The molecule has 1 fully saturated rings. The molecule has 0 spiro atoms. The summed E-state index contributed by atoms with van der Waals surface area (Å²) in [6.45, 7) is 4.01. The van der Waals surface area contributed by atoms with Crippen LogP contribution in [0.5, 0.6) is 0 Å². The number of hydrogen-bond acceptors (Lipinski definition) is 1. The van der Waals surface area contributed by atoms with E-state index in [-0.39, 0.29) is 27.3 Å². The smallest absolute Gasteiger partial charge is 0.309 e. The van der Waals surface area contributed by atoms with Crippen LogP contribution in [0.2, 0.25) is 0 Å². The van der Waals surface area contributed by atoms with Gasteiger partial charge in [-0.05, 0) is 25.7 Å². The second kappa shape index (κ2) is 4.58. The van der Waals surface area contributed by atoms with E-state index in [0.29, 0.717) is 5.92 Å². The van der Waals surface area contributed by atoms with Crippen molar-refractivity contribution in [3.8, 4) is 0 Å². The average Bonchev–Trinajstić information content (AvgIpc) is 1.86. The largest absolute Gasteiger partial charge is 0.481 e. The van der Waals surface area contributed by atoms with Crippen molar-refractivity contribution in [2.75, 3.05) is 0 Å². The molecule has 1 saturated carbocycles. The maximum Gasteiger partial charge on any atom is 0.309 e. The van der Waals surface area contributed by atoms with Gasteiger partial charge < -0.3 is 5.11 Å². The average molecular weight is 361 g/mol. The number of rotatable bonds is 1. The first-order valence-electron chi connectivity index (χ1n) is 4.28. The summed E-state index contributed by atoms with van der Waals surface area (Å²) in [5, 5.41) is 8.92. The van der Waals surface area contributed by atoms with E-state index in [1.54, 1.807) is 0 Å². The summed E-state index contributed by atoms with van der Waals surface area (Å²) in [5.41, 5.74) is -0.433. The zero-order valence-electron chi connectivity index (χ0n) is 7.84. The van der Waals surface area contributed by atoms with Crippen LogP contribution < -0.4 is 0 Å². The Morgan fingerprint density at radius 3 is 2.50 bits per heavy atom. The molecular formula is C9H16O2Tl. The van der Waals surface area contributed by atoms with E-state index in [2.05, 4.69) is 6.92 Å². The number of aliphatic carboxylic acids is 1. The molecule has 0 aliphatic heterocycles. The Bertz CT molecular complexity index is 170. The summed E-state index contributed by atoms with van der Waals surface area (Å²) in [7, 11) is 0. The van der Waals surface area contributed by atoms with E-state index < -0.39 is 11.4 Å². The first kappa shape index (κ1) is 12.4. The van der Waals surface area contributed by atoms with Gasteiger partial charge in [0.25, 0.3) is 0 Å². The summed E-state index contributed by atoms with van der Waals surface area (Å²) in [5.74, 6) is -0.0334. The molecule has 0 saturated heterocycles. The minimum Gasteiger partial charge on any atom is -0.481 e. The first-order valence-corrected chi connectivity index (χ1v) is 4.28. The third kappa shape index (κ3) is 2.71. The van der Waals surface area contributed by atoms with Crippen molar-refractivity contribution >= 4 is 33.3 Å². The fraction of sp³-hybridized carbons (Fsp3) is 0.889. The van der Waals surface area contributed by atoms with Crippen molar-refractivity contribution in [1.82, 2.24) is 0 Å². The predicted molar refractivity (Wildman–Crippen MR) is 49.1 cm³/mol. The summed E-state index contributed by atoms with van der Waals surface area (Å²) < 4.78 is 0. The molecule has 2 unspecified atom stereocenters. The van der Waals surface area contributed by atoms with Crippen molar-refractivity contribution in [1.29, 1.82) is 0 Å². The van der Waals surface area contributed by atoms with Crippen LogP contribution in [0.1, 0.15) is 39.5 Å². The van der Waals surface area contributed by atoms with Gasteiger partial charge >= 0.3 is 5.97 Å². The van der Waals surface area contributed by atoms with Gasteiger partial charge in [0.1, 0.15) is 0 Å². The molecule has 1 rings (SSSR count). The molecule has 12 heavy (non-hydrogen) atoms. The summed E-state index contributed by atoms with van der Waals surface area (Å²) in [4.78, 5) is 10.8. The van der Waals surface area contributed by atoms with Gasteiger partial charge in [0, 0.05) is 27.3 Å². The van der Waals surface area contributed by atoms with Crippen LogP contribution in [0.3, 0.4) is 0 Å². The van der Waals surface area contributed by atoms with Gasteiger partial charge in [-0.3, -0.25) is 4.79 Å². The van der Waals surface area contributed by atoms with Gasteiger partial charge in [0.2, 0.25) is 0 Å². The fourth-order valence-electron chi connectivity index (χ4n) is 2.01. The molecule has 0 amide bonds. The molecule has 1 radical (unpaired) electrons. The Hall–Kier alpha value is 0.392. The summed E-state index contributed by atoms with van der Waals surface area (Å²) in [6.07, 6.45) is 3.97. The monoisotopic (exact) mass is 361 g/mol. The maximum absolute atomic E-state index is 10.8. The van der Waals surface area contributed by atoms with Gasteiger partial charge in [-0.25, -0.2) is 0 Å². The van der Waals surface area contributed by atoms with E-state index in [1.165, 1.54) is 6.42 Å². The normalized spacial score (nSPS) is 35.3. The molecule has 1 aliphatic carbocycles. The van der Waals surface area contributed by atoms with Crippen LogP contribution in [-0.4, -0.2) is 38.4 Å². The molecule has 1 N–H and O–H groups in total. The Morgan fingerprint density at radius 2 is 2.17 bits per heavy atom. The van der Waals surface area contributed by atoms with E-state index in [1.807, 2.05) is 6.92 Å². The van der Waals surface area contributed by atoms with E-state index >= 15 is 0 Å². The second-order valence-electron chi connectivity index (χ2n) is 4.07. The van der Waals surface area contributed by atoms with Crippen molar-refractivity contribution in [3.05, 3.63) is 0 Å². The Labute approximate surface area is 93.9 Å². The van der Waals surface area contributed by atoms with Crippen LogP contribution >= 0.6 is 0 Å². The molecule has 0 heterocycles. The van der Waals surface area contributed by atoms with Crippen LogP contribution in [0.4, 0.5) is 0 Å². The first-order chi connectivity index (χ1) is 5.04. The number of carboxylic acids is 1. The molecule has 1 aliphatic rings. The predicted octanol–water partition coefficient (Wildman–Crippen LogP) is 1.91. The molecule has 0 aromatic carbocycles. The Balaban J connectivity index is 0.00000121. The van der Waals surface area contributed by atoms with Crippen LogP contribution in [0, 0.1) is 11.3 Å². The second-order valence-corrected chi connectivity index (χ2v) is 4.07. The summed E-state index contributed by atoms with van der Waals surface area (Å²) >= 11 is 0. The van der Waals surface area contributed by atoms with Gasteiger partial charge in [-0.15, -0.1) is 0 Å². The zero-order chi connectivity index (χ0) is 8.48. The van der Waals surface area contributed by atoms with Crippen molar-refractivity contribution in [3.63, 3.8) is 0 Å². The van der Waals surface area contributed by atoms with E-state index in [4.69, 9.17) is 5.11 Å². The van der Waals surface area contributed by atoms with Crippen LogP contribution in [0.25, 0.3) is 0 Å².